The van der Waals surface area contributed by atoms with Crippen molar-refractivity contribution in [2.45, 2.75) is 44.5 Å². The van der Waals surface area contributed by atoms with Crippen LogP contribution in [0.4, 0.5) is 10.2 Å². The van der Waals surface area contributed by atoms with Crippen LogP contribution in [0.3, 0.4) is 0 Å². The Kier molecular flexibility index (Phi) is 5.30. The Morgan fingerprint density at radius 1 is 1.48 bits per heavy atom. The fourth-order valence-electron chi connectivity index (χ4n) is 2.74. The van der Waals surface area contributed by atoms with Gasteiger partial charge >= 0.3 is 8.25 Å². The highest BCUT2D eigenvalue weighted by molar-refractivity contribution is 7.32. The molecule has 0 radical (unpaired) electrons. The van der Waals surface area contributed by atoms with Crippen molar-refractivity contribution in [3.8, 4) is 0 Å². The third kappa shape index (κ3) is 3.51. The van der Waals surface area contributed by atoms with Gasteiger partial charge in [-0.25, -0.2) is 19.3 Å². The van der Waals surface area contributed by atoms with Crippen LogP contribution in [-0.4, -0.2) is 60.5 Å². The molecule has 1 aliphatic rings. The van der Waals surface area contributed by atoms with E-state index in [9.17, 15) is 14.1 Å². The van der Waals surface area contributed by atoms with Gasteiger partial charge in [0.15, 0.2) is 29.4 Å². The van der Waals surface area contributed by atoms with Gasteiger partial charge < -0.3 is 24.6 Å². The van der Waals surface area contributed by atoms with Gasteiger partial charge in [-0.3, -0.25) is 9.13 Å². The first kappa shape index (κ1) is 18.2. The van der Waals surface area contributed by atoms with E-state index < -0.39 is 39.5 Å². The van der Waals surface area contributed by atoms with Crippen LogP contribution >= 0.6 is 8.25 Å². The van der Waals surface area contributed by atoms with Crippen molar-refractivity contribution in [3.63, 3.8) is 0 Å². The van der Waals surface area contributed by atoms with Crippen LogP contribution < -0.4 is 5.32 Å². The lowest BCUT2D eigenvalue weighted by Gasteiger charge is -2.16. The number of ether oxygens (including phenoxy) is 1. The van der Waals surface area contributed by atoms with Gasteiger partial charge in [0.2, 0.25) is 0 Å². The highest BCUT2D eigenvalue weighted by Gasteiger charge is 2.48. The third-order valence-electron chi connectivity index (χ3n) is 3.74. The molecule has 3 rings (SSSR count). The summed E-state index contributed by atoms with van der Waals surface area (Å²) in [5.74, 6) is 0.499. The standard InChI is InChI=1S/C13H19FN5O5P/c1-6(2)18-11-9-12(16-4-15-11)19(5-17-9)13-8(14)10(24-25(21)22)7(3-20)23-13/h4-8,10,13,20,25H,3H2,1-2H3,(H,21,22)(H,15,16,18)/t7-,8?,10?,13-/m1/s1. The van der Waals surface area contributed by atoms with Gasteiger partial charge in [0.25, 0.3) is 0 Å². The number of nitrogens with zero attached hydrogens (tertiary/aromatic N) is 4. The number of aliphatic hydroxyl groups is 1. The number of nitrogens with one attached hydrogen (secondary N) is 1. The Bertz CT molecular complexity index is 774. The second kappa shape index (κ2) is 7.30. The van der Waals surface area contributed by atoms with E-state index in [1.54, 1.807) is 0 Å². The monoisotopic (exact) mass is 375 g/mol. The van der Waals surface area contributed by atoms with Crippen LogP contribution in [-0.2, 0) is 13.8 Å². The highest BCUT2D eigenvalue weighted by atomic mass is 31.1. The van der Waals surface area contributed by atoms with E-state index in [-0.39, 0.29) is 6.04 Å². The van der Waals surface area contributed by atoms with Crippen molar-refractivity contribution in [3.05, 3.63) is 12.7 Å². The molecule has 12 heteroatoms. The normalized spacial score (nSPS) is 27.9. The molecule has 1 fully saturated rings. The molecule has 0 amide bonds. The fraction of sp³-hybridized carbons (Fsp3) is 0.615. The first-order chi connectivity index (χ1) is 11.9. The molecular weight excluding hydrogens is 356 g/mol. The summed E-state index contributed by atoms with van der Waals surface area (Å²) in [7, 11) is -3.39. The molecule has 3 unspecified atom stereocenters. The van der Waals surface area contributed by atoms with E-state index in [1.165, 1.54) is 17.2 Å². The van der Waals surface area contributed by atoms with E-state index in [0.29, 0.717) is 17.0 Å². The van der Waals surface area contributed by atoms with Crippen molar-refractivity contribution < 1.29 is 28.2 Å². The topological polar surface area (TPSA) is 132 Å². The van der Waals surface area contributed by atoms with E-state index in [0.717, 1.165) is 0 Å². The molecule has 0 spiro atoms. The summed E-state index contributed by atoms with van der Waals surface area (Å²) >= 11 is 0. The van der Waals surface area contributed by atoms with Crippen molar-refractivity contribution in [1.82, 2.24) is 19.5 Å². The Morgan fingerprint density at radius 2 is 2.24 bits per heavy atom. The zero-order chi connectivity index (χ0) is 18.1. The predicted molar refractivity (Wildman–Crippen MR) is 86.1 cm³/mol. The molecule has 10 nitrogen and oxygen atoms in total. The van der Waals surface area contributed by atoms with Gasteiger partial charge in [-0.2, -0.15) is 0 Å². The molecular formula is C13H19FN5O5P. The maximum Gasteiger partial charge on any atom is 0.317 e. The van der Waals surface area contributed by atoms with Crippen LogP contribution in [0.25, 0.3) is 11.2 Å². The average Bonchev–Trinajstić information content (AvgIpc) is 3.09. The number of aliphatic hydroxyl groups excluding tert-OH is 1. The van der Waals surface area contributed by atoms with E-state index >= 15 is 0 Å². The first-order valence-electron chi connectivity index (χ1n) is 7.66. The summed E-state index contributed by atoms with van der Waals surface area (Å²) in [6.45, 7) is 3.32. The van der Waals surface area contributed by atoms with Crippen molar-refractivity contribution in [1.29, 1.82) is 0 Å². The van der Waals surface area contributed by atoms with Crippen LogP contribution in [0, 0.1) is 0 Å². The third-order valence-corrected chi connectivity index (χ3v) is 4.22. The van der Waals surface area contributed by atoms with Crippen molar-refractivity contribution in [2.24, 2.45) is 0 Å². The van der Waals surface area contributed by atoms with Gasteiger partial charge in [0.05, 0.1) is 12.9 Å². The Balaban J connectivity index is 1.95. The van der Waals surface area contributed by atoms with Crippen molar-refractivity contribution >= 4 is 25.2 Å². The van der Waals surface area contributed by atoms with Crippen LogP contribution in [0.2, 0.25) is 0 Å². The Hall–Kier alpha value is -1.65. The minimum Gasteiger partial charge on any atom is -0.394 e. The molecule has 3 heterocycles. The molecule has 0 aromatic carbocycles. The van der Waals surface area contributed by atoms with E-state index in [1.807, 2.05) is 13.8 Å². The smallest absolute Gasteiger partial charge is 0.317 e. The van der Waals surface area contributed by atoms with Gasteiger partial charge in [-0.1, -0.05) is 0 Å². The van der Waals surface area contributed by atoms with E-state index in [2.05, 4.69) is 20.3 Å². The molecule has 2 aromatic heterocycles. The lowest BCUT2D eigenvalue weighted by Crippen LogP contribution is -2.32. The lowest BCUT2D eigenvalue weighted by molar-refractivity contribution is -0.0436. The van der Waals surface area contributed by atoms with Crippen LogP contribution in [0.1, 0.15) is 20.1 Å². The van der Waals surface area contributed by atoms with Gasteiger partial charge in [-0.15, -0.1) is 0 Å². The van der Waals surface area contributed by atoms with E-state index in [4.69, 9.17) is 14.2 Å². The molecule has 5 atom stereocenters. The predicted octanol–water partition coefficient (Wildman–Crippen LogP) is 0.642. The molecule has 138 valence electrons. The number of aromatic nitrogens is 4. The van der Waals surface area contributed by atoms with Gasteiger partial charge in [0.1, 0.15) is 18.5 Å². The summed E-state index contributed by atoms with van der Waals surface area (Å²) in [5.41, 5.74) is 0.771. The number of rotatable bonds is 6. The van der Waals surface area contributed by atoms with Crippen molar-refractivity contribution in [2.75, 3.05) is 11.9 Å². The molecule has 2 aromatic rings. The number of alkyl halides is 1. The van der Waals surface area contributed by atoms with Crippen LogP contribution in [0.15, 0.2) is 12.7 Å². The first-order valence-corrected chi connectivity index (χ1v) is 8.92. The minimum atomic E-state index is -3.39. The molecule has 0 bridgehead atoms. The van der Waals surface area contributed by atoms with Crippen LogP contribution in [0.5, 0.6) is 0 Å². The molecule has 0 saturated carbocycles. The number of fused-ring (bicyclic) bond motifs is 1. The summed E-state index contributed by atoms with van der Waals surface area (Å²) in [6, 6.07) is 0.110. The Morgan fingerprint density at radius 3 is 2.88 bits per heavy atom. The summed E-state index contributed by atoms with van der Waals surface area (Å²) < 4.78 is 37.2. The number of hydrogen-bond acceptors (Lipinski definition) is 8. The minimum absolute atomic E-state index is 0.110. The largest absolute Gasteiger partial charge is 0.394 e. The molecule has 3 N–H and O–H groups in total. The highest BCUT2D eigenvalue weighted by Crippen LogP contribution is 2.38. The quantitative estimate of drug-likeness (QED) is 0.622. The Labute approximate surface area is 143 Å². The molecule has 1 aliphatic heterocycles. The summed E-state index contributed by atoms with van der Waals surface area (Å²) in [5, 5.41) is 12.5. The number of halogens is 1. The zero-order valence-corrected chi connectivity index (χ0v) is 14.5. The van der Waals surface area contributed by atoms with Gasteiger partial charge in [0, 0.05) is 6.04 Å². The summed E-state index contributed by atoms with van der Waals surface area (Å²) in [4.78, 5) is 21.4. The molecule has 25 heavy (non-hydrogen) atoms. The number of imidazole rings is 1. The maximum atomic E-state index is 14.7. The SMILES string of the molecule is CC(C)Nc1ncnc2c1ncn2[C@@H]1O[C@H](CO)C(O[PH](=O)O)C1F. The van der Waals surface area contributed by atoms with Gasteiger partial charge in [-0.05, 0) is 13.8 Å². The average molecular weight is 375 g/mol. The second-order valence-corrected chi connectivity index (χ2v) is 6.65. The second-order valence-electron chi connectivity index (χ2n) is 5.89. The molecule has 0 aliphatic carbocycles. The maximum absolute atomic E-state index is 14.7. The summed E-state index contributed by atoms with van der Waals surface area (Å²) in [6.07, 6.45) is -2.76. The number of anilines is 1. The molecule has 1 saturated heterocycles. The lowest BCUT2D eigenvalue weighted by atomic mass is 10.1. The zero-order valence-electron chi connectivity index (χ0n) is 13.5. The number of hydrogen-bond donors (Lipinski definition) is 3. The fourth-order valence-corrected chi connectivity index (χ4v) is 3.25.